The van der Waals surface area contributed by atoms with Gasteiger partial charge in [0, 0.05) is 24.0 Å². The Morgan fingerprint density at radius 2 is 2.25 bits per heavy atom. The van der Waals surface area contributed by atoms with E-state index in [1.807, 2.05) is 11.8 Å². The van der Waals surface area contributed by atoms with E-state index in [-0.39, 0.29) is 11.7 Å². The Balaban J connectivity index is 1.97. The van der Waals surface area contributed by atoms with E-state index in [1.165, 1.54) is 18.6 Å². The van der Waals surface area contributed by atoms with E-state index < -0.39 is 0 Å². The molecule has 1 aliphatic rings. The fraction of sp³-hybridized carbons (Fsp3) is 0.438. The highest BCUT2D eigenvalue weighted by Crippen LogP contribution is 2.25. The molecule has 2 heterocycles. The van der Waals surface area contributed by atoms with Crippen LogP contribution in [0, 0.1) is 18.7 Å². The van der Waals surface area contributed by atoms with Gasteiger partial charge in [0.05, 0.1) is 0 Å². The van der Waals surface area contributed by atoms with Crippen molar-refractivity contribution >= 4 is 16.8 Å². The minimum Gasteiger partial charge on any atom is -0.350 e. The number of carbonyl (C=O) groups excluding carboxylic acids is 1. The van der Waals surface area contributed by atoms with Crippen LogP contribution in [0.2, 0.25) is 0 Å². The number of likely N-dealkylation sites (tertiary alicyclic amines) is 1. The number of benzene rings is 1. The maximum absolute atomic E-state index is 13.3. The third-order valence-electron chi connectivity index (χ3n) is 4.18. The Kier molecular flexibility index (Phi) is 3.24. The zero-order valence-electron chi connectivity index (χ0n) is 11.9. The molecule has 1 aliphatic heterocycles. The van der Waals surface area contributed by atoms with Crippen LogP contribution in [-0.2, 0) is 0 Å². The van der Waals surface area contributed by atoms with Gasteiger partial charge in [0.15, 0.2) is 0 Å². The van der Waals surface area contributed by atoms with Crippen LogP contribution in [0.5, 0.6) is 0 Å². The Bertz CT molecular complexity index is 662. The van der Waals surface area contributed by atoms with Crippen LogP contribution in [0.4, 0.5) is 4.39 Å². The number of halogens is 1. The molecule has 3 rings (SSSR count). The summed E-state index contributed by atoms with van der Waals surface area (Å²) in [5.41, 5.74) is 2.19. The molecule has 4 heteroatoms. The lowest BCUT2D eigenvalue weighted by molar-refractivity contribution is 0.0677. The number of piperidine rings is 1. The fourth-order valence-corrected chi connectivity index (χ4v) is 3.06. The molecule has 3 nitrogen and oxygen atoms in total. The molecule has 0 spiro atoms. The summed E-state index contributed by atoms with van der Waals surface area (Å²) in [6, 6.07) is 4.60. The van der Waals surface area contributed by atoms with E-state index in [9.17, 15) is 9.18 Å². The van der Waals surface area contributed by atoms with E-state index in [0.29, 0.717) is 17.1 Å². The Morgan fingerprint density at radius 1 is 1.45 bits per heavy atom. The predicted octanol–water partition coefficient (Wildman–Crippen LogP) is 3.49. The van der Waals surface area contributed by atoms with Crippen LogP contribution in [0.1, 0.15) is 35.8 Å². The van der Waals surface area contributed by atoms with Crippen molar-refractivity contribution < 1.29 is 9.18 Å². The van der Waals surface area contributed by atoms with Crippen LogP contribution in [0.3, 0.4) is 0 Å². The van der Waals surface area contributed by atoms with Gasteiger partial charge in [0.25, 0.3) is 5.91 Å². The van der Waals surface area contributed by atoms with Crippen LogP contribution in [0.25, 0.3) is 10.9 Å². The standard InChI is InChI=1S/C16H19FN2O/c1-10-4-3-7-19(9-10)16(20)15-11(2)13-6-5-12(17)8-14(13)18-15/h5-6,8,10,18H,3-4,7,9H2,1-2H3. The highest BCUT2D eigenvalue weighted by Gasteiger charge is 2.25. The van der Waals surface area contributed by atoms with Crippen molar-refractivity contribution in [2.24, 2.45) is 5.92 Å². The molecule has 1 aromatic heterocycles. The number of fused-ring (bicyclic) bond motifs is 1. The lowest BCUT2D eigenvalue weighted by Gasteiger charge is -2.30. The minimum atomic E-state index is -0.288. The number of H-pyrrole nitrogens is 1. The molecule has 1 unspecified atom stereocenters. The Morgan fingerprint density at radius 3 is 3.00 bits per heavy atom. The van der Waals surface area contributed by atoms with E-state index in [4.69, 9.17) is 0 Å². The summed E-state index contributed by atoms with van der Waals surface area (Å²) in [7, 11) is 0. The van der Waals surface area contributed by atoms with E-state index in [0.717, 1.165) is 30.5 Å². The van der Waals surface area contributed by atoms with Crippen molar-refractivity contribution in [2.75, 3.05) is 13.1 Å². The number of hydrogen-bond donors (Lipinski definition) is 1. The number of aromatic amines is 1. The van der Waals surface area contributed by atoms with Gasteiger partial charge in [-0.2, -0.15) is 0 Å². The first-order valence-electron chi connectivity index (χ1n) is 7.13. The lowest BCUT2D eigenvalue weighted by Crippen LogP contribution is -2.39. The van der Waals surface area contributed by atoms with Gasteiger partial charge in [0.2, 0.25) is 0 Å². The summed E-state index contributed by atoms with van der Waals surface area (Å²) in [5.74, 6) is 0.296. The second kappa shape index (κ2) is 4.93. The summed E-state index contributed by atoms with van der Waals surface area (Å²) >= 11 is 0. The first kappa shape index (κ1) is 13.2. The average Bonchev–Trinajstić information content (AvgIpc) is 2.74. The molecule has 1 amide bonds. The first-order valence-corrected chi connectivity index (χ1v) is 7.13. The zero-order chi connectivity index (χ0) is 14.3. The highest BCUT2D eigenvalue weighted by atomic mass is 19.1. The number of rotatable bonds is 1. The molecular weight excluding hydrogens is 255 g/mol. The molecule has 0 saturated carbocycles. The molecule has 1 N–H and O–H groups in total. The molecule has 0 aliphatic carbocycles. The van der Waals surface area contributed by atoms with Crippen molar-refractivity contribution in [1.29, 1.82) is 0 Å². The van der Waals surface area contributed by atoms with Gasteiger partial charge in [0.1, 0.15) is 11.5 Å². The van der Waals surface area contributed by atoms with Crippen LogP contribution in [-0.4, -0.2) is 28.9 Å². The van der Waals surface area contributed by atoms with Gasteiger partial charge in [-0.15, -0.1) is 0 Å². The van der Waals surface area contributed by atoms with Gasteiger partial charge in [-0.1, -0.05) is 6.92 Å². The molecule has 1 fully saturated rings. The van der Waals surface area contributed by atoms with Crippen LogP contribution < -0.4 is 0 Å². The number of amides is 1. The van der Waals surface area contributed by atoms with Gasteiger partial charge in [-0.3, -0.25) is 4.79 Å². The summed E-state index contributed by atoms with van der Waals surface area (Å²) in [4.78, 5) is 17.6. The number of hydrogen-bond acceptors (Lipinski definition) is 1. The molecule has 1 aromatic carbocycles. The number of aryl methyl sites for hydroxylation is 1. The molecule has 20 heavy (non-hydrogen) atoms. The third kappa shape index (κ3) is 2.19. The SMILES string of the molecule is Cc1c(C(=O)N2CCCC(C)C2)[nH]c2cc(F)ccc12. The third-order valence-corrected chi connectivity index (χ3v) is 4.18. The summed E-state index contributed by atoms with van der Waals surface area (Å²) in [6.07, 6.45) is 2.24. The molecule has 0 bridgehead atoms. The maximum atomic E-state index is 13.3. The number of carbonyl (C=O) groups is 1. The topological polar surface area (TPSA) is 36.1 Å². The summed E-state index contributed by atoms with van der Waals surface area (Å²) in [6.45, 7) is 5.71. The highest BCUT2D eigenvalue weighted by molar-refractivity contribution is 6.00. The second-order valence-corrected chi connectivity index (χ2v) is 5.81. The number of nitrogens with one attached hydrogen (secondary N) is 1. The predicted molar refractivity (Wildman–Crippen MR) is 77.3 cm³/mol. The smallest absolute Gasteiger partial charge is 0.270 e. The average molecular weight is 274 g/mol. The van der Waals surface area contributed by atoms with E-state index in [2.05, 4.69) is 11.9 Å². The minimum absolute atomic E-state index is 0.0330. The Labute approximate surface area is 117 Å². The largest absolute Gasteiger partial charge is 0.350 e. The number of nitrogens with zero attached hydrogens (tertiary/aromatic N) is 1. The Hall–Kier alpha value is -1.84. The molecule has 2 aromatic rings. The van der Waals surface area contributed by atoms with Gasteiger partial charge in [-0.05, 0) is 49.4 Å². The van der Waals surface area contributed by atoms with Crippen molar-refractivity contribution in [2.45, 2.75) is 26.7 Å². The van der Waals surface area contributed by atoms with Gasteiger partial charge >= 0.3 is 0 Å². The van der Waals surface area contributed by atoms with Crippen molar-refractivity contribution in [3.05, 3.63) is 35.3 Å². The van der Waals surface area contributed by atoms with E-state index in [1.54, 1.807) is 6.07 Å². The first-order chi connectivity index (χ1) is 9.56. The van der Waals surface area contributed by atoms with Crippen LogP contribution in [0.15, 0.2) is 18.2 Å². The number of aromatic nitrogens is 1. The fourth-order valence-electron chi connectivity index (χ4n) is 3.06. The van der Waals surface area contributed by atoms with E-state index >= 15 is 0 Å². The quantitative estimate of drug-likeness (QED) is 0.849. The molecule has 106 valence electrons. The lowest BCUT2D eigenvalue weighted by atomic mass is 10.00. The molecule has 1 atom stereocenters. The molecular formula is C16H19FN2O. The van der Waals surface area contributed by atoms with Gasteiger partial charge in [-0.25, -0.2) is 4.39 Å². The monoisotopic (exact) mass is 274 g/mol. The molecule has 0 radical (unpaired) electrons. The van der Waals surface area contributed by atoms with Gasteiger partial charge < -0.3 is 9.88 Å². The maximum Gasteiger partial charge on any atom is 0.270 e. The summed E-state index contributed by atoms with van der Waals surface area (Å²) < 4.78 is 13.3. The molecule has 1 saturated heterocycles. The van der Waals surface area contributed by atoms with Crippen molar-refractivity contribution in [1.82, 2.24) is 9.88 Å². The summed E-state index contributed by atoms with van der Waals surface area (Å²) in [5, 5.41) is 0.916. The van der Waals surface area contributed by atoms with Crippen molar-refractivity contribution in [3.63, 3.8) is 0 Å². The van der Waals surface area contributed by atoms with Crippen LogP contribution >= 0.6 is 0 Å². The normalized spacial score (nSPS) is 19.6. The van der Waals surface area contributed by atoms with Crippen molar-refractivity contribution in [3.8, 4) is 0 Å². The zero-order valence-corrected chi connectivity index (χ0v) is 11.9. The second-order valence-electron chi connectivity index (χ2n) is 5.81.